The van der Waals surface area contributed by atoms with Gasteiger partial charge in [0.2, 0.25) is 0 Å². The molecule has 5 rings (SSSR count). The van der Waals surface area contributed by atoms with Gasteiger partial charge in [0.05, 0.1) is 6.42 Å². The van der Waals surface area contributed by atoms with Gasteiger partial charge in [-0.3, -0.25) is 0 Å². The number of rotatable bonds is 2. The highest BCUT2D eigenvalue weighted by atomic mass is 14.3. The molecule has 2 radical (unpaired) electrons. The van der Waals surface area contributed by atoms with E-state index >= 15 is 0 Å². The minimum Gasteiger partial charge on any atom is -0.0622 e. The Balaban J connectivity index is 1.95. The lowest BCUT2D eigenvalue weighted by molar-refractivity contribution is 1.40. The Kier molecular flexibility index (Phi) is 3.95. The highest BCUT2D eigenvalue weighted by Gasteiger charge is 2.23. The van der Waals surface area contributed by atoms with Gasteiger partial charge in [-0.2, -0.15) is 0 Å². The Morgan fingerprint density at radius 1 is 0.370 bits per heavy atom. The average molecular weight is 342 g/mol. The monoisotopic (exact) mass is 342 g/mol. The molecule has 0 N–H and O–H groups in total. The van der Waals surface area contributed by atoms with Crippen LogP contribution < -0.4 is 0 Å². The molecule has 0 nitrogen and oxygen atoms in total. The predicted octanol–water partition coefficient (Wildman–Crippen LogP) is 6.49. The van der Waals surface area contributed by atoms with E-state index < -0.39 is 0 Å². The maximum Gasteiger partial charge on any atom is 0.0514 e. The molecule has 0 unspecified atom stereocenters. The molecule has 1 aliphatic rings. The fourth-order valence-electron chi connectivity index (χ4n) is 3.84. The summed E-state index contributed by atoms with van der Waals surface area (Å²) in [5.74, 6) is 0. The second kappa shape index (κ2) is 6.74. The largest absolute Gasteiger partial charge is 0.0622 e. The van der Waals surface area contributed by atoms with E-state index in [1.165, 1.54) is 33.4 Å². The SMILES string of the molecule is [C]1c2ccccc2C(c2ccccc2)=C(c2ccccc2)c2ccccc21. The summed E-state index contributed by atoms with van der Waals surface area (Å²) in [5.41, 5.74) is 9.68. The number of benzene rings is 4. The molecule has 0 aliphatic heterocycles. The Hall–Kier alpha value is -3.38. The van der Waals surface area contributed by atoms with E-state index in [0.717, 1.165) is 11.1 Å². The summed E-state index contributed by atoms with van der Waals surface area (Å²) in [5, 5.41) is 0. The van der Waals surface area contributed by atoms with E-state index in [1.807, 2.05) is 0 Å². The Morgan fingerprint density at radius 3 is 1.19 bits per heavy atom. The fraction of sp³-hybridized carbons (Fsp3) is 0. The van der Waals surface area contributed by atoms with E-state index in [9.17, 15) is 0 Å². The lowest BCUT2D eigenvalue weighted by Gasteiger charge is -2.17. The van der Waals surface area contributed by atoms with Crippen molar-refractivity contribution in [1.82, 2.24) is 0 Å². The summed E-state index contributed by atoms with van der Waals surface area (Å²) >= 11 is 0. The van der Waals surface area contributed by atoms with Crippen LogP contribution in [0.1, 0.15) is 33.4 Å². The number of hydrogen-bond donors (Lipinski definition) is 0. The standard InChI is InChI=1S/C27H18/c1-3-11-20(12-4-1)26-24-17-9-7-15-22(24)19-23-16-8-10-18-25(23)27(26)21-13-5-2-6-14-21/h1-18H. The van der Waals surface area contributed by atoms with Crippen LogP contribution in [0, 0.1) is 6.42 Å². The molecule has 0 aromatic heterocycles. The first-order valence-electron chi connectivity index (χ1n) is 9.23. The number of fused-ring (bicyclic) bond motifs is 2. The number of hydrogen-bond acceptors (Lipinski definition) is 0. The molecule has 0 spiro atoms. The molecule has 0 atom stereocenters. The summed E-state index contributed by atoms with van der Waals surface area (Å²) in [7, 11) is 0. The Bertz CT molecular complexity index is 1030. The summed E-state index contributed by atoms with van der Waals surface area (Å²) in [4.78, 5) is 0. The smallest absolute Gasteiger partial charge is 0.0514 e. The van der Waals surface area contributed by atoms with Gasteiger partial charge >= 0.3 is 0 Å². The summed E-state index contributed by atoms with van der Waals surface area (Å²) in [6.07, 6.45) is 3.66. The van der Waals surface area contributed by atoms with Gasteiger partial charge in [0.25, 0.3) is 0 Å². The minimum atomic E-state index is 1.13. The van der Waals surface area contributed by atoms with Crippen molar-refractivity contribution in [3.63, 3.8) is 0 Å². The molecule has 4 aromatic carbocycles. The third-order valence-corrected chi connectivity index (χ3v) is 5.04. The molecule has 0 amide bonds. The molecule has 0 saturated carbocycles. The van der Waals surface area contributed by atoms with Crippen LogP contribution >= 0.6 is 0 Å². The summed E-state index contributed by atoms with van der Waals surface area (Å²) in [6.45, 7) is 0. The average Bonchev–Trinajstić information content (AvgIpc) is 2.89. The quantitative estimate of drug-likeness (QED) is 0.344. The molecule has 126 valence electrons. The Labute approximate surface area is 160 Å². The van der Waals surface area contributed by atoms with Crippen molar-refractivity contribution in [3.8, 4) is 0 Å². The summed E-state index contributed by atoms with van der Waals surface area (Å²) < 4.78 is 0. The van der Waals surface area contributed by atoms with Gasteiger partial charge < -0.3 is 0 Å². The zero-order valence-electron chi connectivity index (χ0n) is 14.9. The van der Waals surface area contributed by atoms with Gasteiger partial charge in [0, 0.05) is 0 Å². The second-order valence-electron chi connectivity index (χ2n) is 6.70. The molecule has 0 heteroatoms. The maximum absolute atomic E-state index is 3.66. The van der Waals surface area contributed by atoms with E-state index in [1.54, 1.807) is 0 Å². The van der Waals surface area contributed by atoms with Gasteiger partial charge in [-0.05, 0) is 44.5 Å². The van der Waals surface area contributed by atoms with Crippen molar-refractivity contribution in [2.45, 2.75) is 0 Å². The zero-order valence-corrected chi connectivity index (χ0v) is 14.9. The first-order chi connectivity index (χ1) is 13.4. The van der Waals surface area contributed by atoms with Crippen LogP contribution in [0.3, 0.4) is 0 Å². The highest BCUT2D eigenvalue weighted by molar-refractivity contribution is 6.07. The molecule has 0 saturated heterocycles. The van der Waals surface area contributed by atoms with Crippen molar-refractivity contribution in [3.05, 3.63) is 149 Å². The van der Waals surface area contributed by atoms with Crippen LogP contribution in [0.25, 0.3) is 11.1 Å². The van der Waals surface area contributed by atoms with Gasteiger partial charge in [0.15, 0.2) is 0 Å². The fourth-order valence-corrected chi connectivity index (χ4v) is 3.84. The van der Waals surface area contributed by atoms with E-state index in [0.29, 0.717) is 0 Å². The summed E-state index contributed by atoms with van der Waals surface area (Å²) in [6, 6.07) is 38.5. The lowest BCUT2D eigenvalue weighted by atomic mass is 9.86. The van der Waals surface area contributed by atoms with E-state index in [4.69, 9.17) is 0 Å². The van der Waals surface area contributed by atoms with Crippen molar-refractivity contribution in [2.24, 2.45) is 0 Å². The van der Waals surface area contributed by atoms with Crippen molar-refractivity contribution >= 4 is 11.1 Å². The third kappa shape index (κ3) is 2.80. The zero-order chi connectivity index (χ0) is 18.1. The molecule has 27 heavy (non-hydrogen) atoms. The normalized spacial score (nSPS) is 12.9. The third-order valence-electron chi connectivity index (χ3n) is 5.04. The van der Waals surface area contributed by atoms with Crippen LogP contribution in [0.4, 0.5) is 0 Å². The first-order valence-corrected chi connectivity index (χ1v) is 9.23. The van der Waals surface area contributed by atoms with Crippen LogP contribution in [0.2, 0.25) is 0 Å². The van der Waals surface area contributed by atoms with Crippen molar-refractivity contribution in [1.29, 1.82) is 0 Å². The molecular formula is C27H18. The second-order valence-corrected chi connectivity index (χ2v) is 6.70. The van der Waals surface area contributed by atoms with Gasteiger partial charge in [0.1, 0.15) is 0 Å². The maximum atomic E-state index is 3.66. The van der Waals surface area contributed by atoms with Gasteiger partial charge in [-0.25, -0.2) is 0 Å². The predicted molar refractivity (Wildman–Crippen MR) is 112 cm³/mol. The van der Waals surface area contributed by atoms with E-state index in [-0.39, 0.29) is 0 Å². The van der Waals surface area contributed by atoms with Crippen molar-refractivity contribution in [2.75, 3.05) is 0 Å². The van der Waals surface area contributed by atoms with Crippen LogP contribution in [0.5, 0.6) is 0 Å². The van der Waals surface area contributed by atoms with Gasteiger partial charge in [-0.15, -0.1) is 0 Å². The topological polar surface area (TPSA) is 0 Å². The molecule has 0 heterocycles. The minimum absolute atomic E-state index is 1.13. The van der Waals surface area contributed by atoms with E-state index in [2.05, 4.69) is 116 Å². The molecule has 0 fully saturated rings. The first kappa shape index (κ1) is 15.8. The van der Waals surface area contributed by atoms with Crippen LogP contribution in [-0.4, -0.2) is 0 Å². The van der Waals surface area contributed by atoms with Crippen molar-refractivity contribution < 1.29 is 0 Å². The van der Waals surface area contributed by atoms with Gasteiger partial charge in [-0.1, -0.05) is 109 Å². The molecule has 1 aliphatic carbocycles. The Morgan fingerprint density at radius 2 is 0.741 bits per heavy atom. The van der Waals surface area contributed by atoms with Crippen LogP contribution in [-0.2, 0) is 0 Å². The van der Waals surface area contributed by atoms with Crippen LogP contribution in [0.15, 0.2) is 109 Å². The molecule has 4 aromatic rings. The molecular weight excluding hydrogens is 324 g/mol. The molecule has 0 bridgehead atoms. The lowest BCUT2D eigenvalue weighted by Crippen LogP contribution is -1.97. The highest BCUT2D eigenvalue weighted by Crippen LogP contribution is 2.42.